The van der Waals surface area contributed by atoms with Gasteiger partial charge in [-0.05, 0) is 20.1 Å². The maximum Gasteiger partial charge on any atom is 0.324 e. The number of thioether (sulfide) groups is 1. The molecule has 14 heavy (non-hydrogen) atoms. The van der Waals surface area contributed by atoms with Crippen LogP contribution in [0.1, 0.15) is 13.8 Å². The summed E-state index contributed by atoms with van der Waals surface area (Å²) in [5.41, 5.74) is 0. The van der Waals surface area contributed by atoms with Gasteiger partial charge in [-0.15, -0.1) is 0 Å². The Bertz CT molecular complexity index is 219. The van der Waals surface area contributed by atoms with Gasteiger partial charge in [-0.25, -0.2) is 0 Å². The third-order valence-electron chi connectivity index (χ3n) is 1.54. The van der Waals surface area contributed by atoms with E-state index >= 15 is 0 Å². The van der Waals surface area contributed by atoms with Gasteiger partial charge in [0, 0.05) is 0 Å². The van der Waals surface area contributed by atoms with Gasteiger partial charge in [0.1, 0.15) is 0 Å². The number of ether oxygens (including phenoxy) is 1. The fraction of sp³-hybridized carbons (Fsp3) is 0.667. The Kier molecular flexibility index (Phi) is 6.19. The van der Waals surface area contributed by atoms with Crippen LogP contribution in [0.5, 0.6) is 0 Å². The summed E-state index contributed by atoms with van der Waals surface area (Å²) in [4.78, 5) is 33.6. The van der Waals surface area contributed by atoms with Gasteiger partial charge in [0.05, 0.1) is 12.4 Å². The molecule has 0 aliphatic heterocycles. The lowest BCUT2D eigenvalue weighted by Crippen LogP contribution is -2.33. The lowest BCUT2D eigenvalue weighted by molar-refractivity contribution is -0.153. The van der Waals surface area contributed by atoms with Gasteiger partial charge < -0.3 is 4.74 Å². The minimum atomic E-state index is -1.23. The van der Waals surface area contributed by atoms with Crippen LogP contribution in [-0.4, -0.2) is 36.2 Å². The first-order chi connectivity index (χ1) is 6.54. The van der Waals surface area contributed by atoms with Crippen molar-refractivity contribution in [3.63, 3.8) is 0 Å². The highest BCUT2D eigenvalue weighted by molar-refractivity contribution is 7.99. The molecule has 80 valence electrons. The van der Waals surface area contributed by atoms with Crippen LogP contribution >= 0.6 is 11.8 Å². The van der Waals surface area contributed by atoms with Crippen molar-refractivity contribution in [1.29, 1.82) is 0 Å². The highest BCUT2D eigenvalue weighted by Gasteiger charge is 2.31. The molecule has 0 spiro atoms. The largest absolute Gasteiger partial charge is 0.465 e. The topological polar surface area (TPSA) is 60.4 Å². The van der Waals surface area contributed by atoms with Crippen molar-refractivity contribution >= 4 is 29.3 Å². The molecule has 0 radical (unpaired) electrons. The van der Waals surface area contributed by atoms with E-state index in [1.165, 1.54) is 18.7 Å². The van der Waals surface area contributed by atoms with Crippen molar-refractivity contribution in [3.8, 4) is 0 Å². The van der Waals surface area contributed by atoms with E-state index in [2.05, 4.69) is 4.74 Å². The predicted molar refractivity (Wildman–Crippen MR) is 54.2 cm³/mol. The van der Waals surface area contributed by atoms with Crippen LogP contribution in [0.2, 0.25) is 0 Å². The maximum absolute atomic E-state index is 11.4. The molecule has 0 bridgehead atoms. The summed E-state index contributed by atoms with van der Waals surface area (Å²) in [5.74, 6) is -2.66. The highest BCUT2D eigenvalue weighted by Crippen LogP contribution is 2.07. The van der Waals surface area contributed by atoms with Crippen molar-refractivity contribution in [3.05, 3.63) is 0 Å². The number of hydrogen-bond donors (Lipinski definition) is 0. The molecule has 0 fully saturated rings. The van der Waals surface area contributed by atoms with Crippen molar-refractivity contribution in [2.24, 2.45) is 5.92 Å². The lowest BCUT2D eigenvalue weighted by Gasteiger charge is -2.10. The predicted octanol–water partition coefficient (Wildman–Crippen LogP) is 0.687. The smallest absolute Gasteiger partial charge is 0.324 e. The van der Waals surface area contributed by atoms with E-state index in [0.29, 0.717) is 0 Å². The standard InChI is InChI=1S/C9H14O4S/c1-4-13-9(12)8(6(2)10)7(11)5-14-3/h8H,4-5H2,1-3H3. The number of carbonyl (C=O) groups is 3. The van der Waals surface area contributed by atoms with E-state index in [1.54, 1.807) is 13.2 Å². The zero-order valence-electron chi connectivity index (χ0n) is 8.53. The number of Topliss-reactive ketones (excluding diaryl/α,β-unsaturated/α-hetero) is 2. The summed E-state index contributed by atoms with van der Waals surface area (Å²) in [6.45, 7) is 3.03. The Hall–Kier alpha value is -0.840. The summed E-state index contributed by atoms with van der Waals surface area (Å²) in [5, 5.41) is 0. The van der Waals surface area contributed by atoms with Gasteiger partial charge in [0.2, 0.25) is 0 Å². The molecule has 0 amide bonds. The molecule has 0 N–H and O–H groups in total. The molecule has 4 nitrogen and oxygen atoms in total. The van der Waals surface area contributed by atoms with Crippen LogP contribution < -0.4 is 0 Å². The molecular weight excluding hydrogens is 204 g/mol. The van der Waals surface area contributed by atoms with Crippen molar-refractivity contribution in [1.82, 2.24) is 0 Å². The van der Waals surface area contributed by atoms with E-state index < -0.39 is 17.7 Å². The minimum absolute atomic E-state index is 0.156. The van der Waals surface area contributed by atoms with Crippen LogP contribution in [-0.2, 0) is 19.1 Å². The Labute approximate surface area is 87.4 Å². The summed E-state index contributed by atoms with van der Waals surface area (Å²) in [6.07, 6.45) is 1.74. The Balaban J connectivity index is 4.51. The van der Waals surface area contributed by atoms with Crippen molar-refractivity contribution < 1.29 is 19.1 Å². The van der Waals surface area contributed by atoms with Crippen molar-refractivity contribution in [2.75, 3.05) is 18.6 Å². The molecular formula is C9H14O4S. The quantitative estimate of drug-likeness (QED) is 0.485. The molecule has 0 saturated carbocycles. The zero-order valence-corrected chi connectivity index (χ0v) is 9.35. The number of ketones is 2. The fourth-order valence-electron chi connectivity index (χ4n) is 0.975. The first-order valence-electron chi connectivity index (χ1n) is 4.23. The molecule has 0 heterocycles. The average molecular weight is 218 g/mol. The zero-order chi connectivity index (χ0) is 11.1. The lowest BCUT2D eigenvalue weighted by atomic mass is 10.0. The van der Waals surface area contributed by atoms with Gasteiger partial charge >= 0.3 is 5.97 Å². The van der Waals surface area contributed by atoms with Crippen LogP contribution in [0.4, 0.5) is 0 Å². The van der Waals surface area contributed by atoms with E-state index in [9.17, 15) is 14.4 Å². The molecule has 0 aliphatic rings. The third-order valence-corrected chi connectivity index (χ3v) is 2.11. The fourth-order valence-corrected chi connectivity index (χ4v) is 1.43. The van der Waals surface area contributed by atoms with Gasteiger partial charge in [0.25, 0.3) is 0 Å². The Morgan fingerprint density at radius 1 is 1.36 bits per heavy atom. The van der Waals surface area contributed by atoms with Gasteiger partial charge in [0.15, 0.2) is 17.5 Å². The van der Waals surface area contributed by atoms with Crippen LogP contribution in [0.25, 0.3) is 0 Å². The van der Waals surface area contributed by atoms with Gasteiger partial charge in [-0.2, -0.15) is 11.8 Å². The molecule has 0 rings (SSSR count). The number of rotatable bonds is 6. The first kappa shape index (κ1) is 13.2. The summed E-state index contributed by atoms with van der Waals surface area (Å²) in [6, 6.07) is 0. The second kappa shape index (κ2) is 6.59. The second-order valence-electron chi connectivity index (χ2n) is 2.70. The maximum atomic E-state index is 11.4. The summed E-state index contributed by atoms with van der Waals surface area (Å²) < 4.78 is 4.64. The van der Waals surface area contributed by atoms with Gasteiger partial charge in [-0.1, -0.05) is 0 Å². The van der Waals surface area contributed by atoms with Crippen LogP contribution in [0, 0.1) is 5.92 Å². The second-order valence-corrected chi connectivity index (χ2v) is 3.56. The number of hydrogen-bond acceptors (Lipinski definition) is 5. The molecule has 0 saturated heterocycles. The third kappa shape index (κ3) is 3.91. The minimum Gasteiger partial charge on any atom is -0.465 e. The average Bonchev–Trinajstić information content (AvgIpc) is 2.04. The number of carbonyl (C=O) groups excluding carboxylic acids is 3. The molecule has 1 unspecified atom stereocenters. The molecule has 0 aromatic heterocycles. The van der Waals surface area contributed by atoms with Crippen molar-refractivity contribution in [2.45, 2.75) is 13.8 Å². The van der Waals surface area contributed by atoms with E-state index in [-0.39, 0.29) is 18.1 Å². The first-order valence-corrected chi connectivity index (χ1v) is 5.62. The van der Waals surface area contributed by atoms with Gasteiger partial charge in [-0.3, -0.25) is 14.4 Å². The SMILES string of the molecule is CCOC(=O)C(C(C)=O)C(=O)CSC. The molecule has 0 aromatic rings. The highest BCUT2D eigenvalue weighted by atomic mass is 32.2. The summed E-state index contributed by atoms with van der Waals surface area (Å²) >= 11 is 1.28. The van der Waals surface area contributed by atoms with E-state index in [1.807, 2.05) is 0 Å². The van der Waals surface area contributed by atoms with Crippen LogP contribution in [0.15, 0.2) is 0 Å². The molecule has 1 atom stereocenters. The van der Waals surface area contributed by atoms with E-state index in [4.69, 9.17) is 0 Å². The normalized spacial score (nSPS) is 11.9. The number of esters is 1. The Morgan fingerprint density at radius 3 is 2.29 bits per heavy atom. The Morgan fingerprint density at radius 2 is 1.93 bits per heavy atom. The van der Waals surface area contributed by atoms with E-state index in [0.717, 1.165) is 0 Å². The molecule has 0 aliphatic carbocycles. The monoisotopic (exact) mass is 218 g/mol. The molecule has 0 aromatic carbocycles. The van der Waals surface area contributed by atoms with Crippen LogP contribution in [0.3, 0.4) is 0 Å². The molecule has 5 heteroatoms. The summed E-state index contributed by atoms with van der Waals surface area (Å²) in [7, 11) is 0.